The first-order valence-electron chi connectivity index (χ1n) is 6.04. The fourth-order valence-electron chi connectivity index (χ4n) is 2.23. The number of rotatable bonds is 4. The molecule has 0 radical (unpaired) electrons. The second kappa shape index (κ2) is 6.19. The van der Waals surface area contributed by atoms with Crippen LogP contribution in [0, 0.1) is 5.92 Å². The molecular weight excluding hydrogens is 370 g/mol. The van der Waals surface area contributed by atoms with E-state index in [0.717, 1.165) is 0 Å². The predicted molar refractivity (Wildman–Crippen MR) is 79.7 cm³/mol. The minimum Gasteiger partial charge on any atom is -0.494 e. The molecule has 1 unspecified atom stereocenters. The van der Waals surface area contributed by atoms with Crippen molar-refractivity contribution in [3.05, 3.63) is 21.6 Å². The van der Waals surface area contributed by atoms with Gasteiger partial charge in [-0.25, -0.2) is 8.42 Å². The number of halogens is 2. The van der Waals surface area contributed by atoms with Gasteiger partial charge in [0, 0.05) is 24.7 Å². The molecule has 1 saturated heterocycles. The van der Waals surface area contributed by atoms with Gasteiger partial charge in [-0.3, -0.25) is 0 Å². The number of hydrogen-bond acceptors (Lipinski definition) is 4. The fraction of sp³-hybridized carbons (Fsp3) is 0.500. The Morgan fingerprint density at radius 1 is 1.55 bits per heavy atom. The normalized spacial score (nSPS) is 20.3. The molecule has 1 aromatic rings. The molecule has 1 atom stereocenters. The van der Waals surface area contributed by atoms with Gasteiger partial charge in [-0.15, -0.1) is 0 Å². The minimum absolute atomic E-state index is 0.0115. The molecule has 0 bridgehead atoms. The number of nitrogens with zero attached hydrogens (tertiary/aromatic N) is 1. The van der Waals surface area contributed by atoms with Crippen LogP contribution in [-0.2, 0) is 10.0 Å². The second-order valence-corrected chi connectivity index (χ2v) is 7.82. The van der Waals surface area contributed by atoms with E-state index in [9.17, 15) is 8.42 Å². The van der Waals surface area contributed by atoms with Gasteiger partial charge in [0.2, 0.25) is 10.0 Å². The van der Waals surface area contributed by atoms with Crippen molar-refractivity contribution < 1.29 is 18.3 Å². The summed E-state index contributed by atoms with van der Waals surface area (Å²) in [6.07, 6.45) is 0.653. The quantitative estimate of drug-likeness (QED) is 0.863. The molecule has 0 spiro atoms. The summed E-state index contributed by atoms with van der Waals surface area (Å²) in [4.78, 5) is 0.0398. The van der Waals surface area contributed by atoms with E-state index in [1.807, 2.05) is 0 Å². The first kappa shape index (κ1) is 16.0. The lowest BCUT2D eigenvalue weighted by atomic mass is 10.1. The molecule has 1 aliphatic heterocycles. The van der Waals surface area contributed by atoms with Crippen LogP contribution in [0.1, 0.15) is 6.42 Å². The lowest BCUT2D eigenvalue weighted by Crippen LogP contribution is -2.29. The Kier molecular flexibility index (Phi) is 4.96. The van der Waals surface area contributed by atoms with Crippen LogP contribution in [0.4, 0.5) is 0 Å². The average Bonchev–Trinajstić information content (AvgIpc) is 2.87. The summed E-state index contributed by atoms with van der Waals surface area (Å²) in [5.74, 6) is 0.222. The number of ether oxygens (including phenoxy) is 1. The number of aliphatic hydroxyl groups excluding tert-OH is 1. The third kappa shape index (κ3) is 2.96. The van der Waals surface area contributed by atoms with Crippen molar-refractivity contribution >= 4 is 37.6 Å². The first-order valence-corrected chi connectivity index (χ1v) is 8.65. The van der Waals surface area contributed by atoms with E-state index in [4.69, 9.17) is 21.4 Å². The van der Waals surface area contributed by atoms with Gasteiger partial charge in [0.25, 0.3) is 0 Å². The highest BCUT2D eigenvalue weighted by Gasteiger charge is 2.34. The zero-order chi connectivity index (χ0) is 14.9. The monoisotopic (exact) mass is 383 g/mol. The summed E-state index contributed by atoms with van der Waals surface area (Å²) in [6.45, 7) is 0.690. The number of aliphatic hydroxyl groups is 1. The van der Waals surface area contributed by atoms with Gasteiger partial charge in [-0.1, -0.05) is 11.6 Å². The predicted octanol–water partition coefficient (Wildman–Crippen LogP) is 2.11. The molecule has 1 N–H and O–H groups in total. The fourth-order valence-corrected chi connectivity index (χ4v) is 5.13. The highest BCUT2D eigenvalue weighted by Crippen LogP contribution is 2.37. The third-order valence-corrected chi connectivity index (χ3v) is 5.98. The van der Waals surface area contributed by atoms with E-state index < -0.39 is 10.0 Å². The van der Waals surface area contributed by atoms with Crippen LogP contribution < -0.4 is 4.74 Å². The maximum Gasteiger partial charge on any atom is 0.246 e. The topological polar surface area (TPSA) is 66.8 Å². The molecule has 112 valence electrons. The minimum atomic E-state index is -3.69. The summed E-state index contributed by atoms with van der Waals surface area (Å²) in [5.41, 5.74) is 0. The standard InChI is InChI=1S/C12H15BrClNO4S/c1-19-12-10(13)4-9(14)5-11(12)20(17,18)15-3-2-8(6-15)7-16/h4-5,8,16H,2-3,6-7H2,1H3. The van der Waals surface area contributed by atoms with E-state index in [0.29, 0.717) is 29.0 Å². The lowest BCUT2D eigenvalue weighted by molar-refractivity contribution is 0.233. The maximum absolute atomic E-state index is 12.7. The van der Waals surface area contributed by atoms with E-state index in [2.05, 4.69) is 15.9 Å². The Morgan fingerprint density at radius 3 is 2.80 bits per heavy atom. The van der Waals surface area contributed by atoms with Crippen molar-refractivity contribution in [2.24, 2.45) is 5.92 Å². The van der Waals surface area contributed by atoms with Crippen LogP contribution in [0.2, 0.25) is 5.02 Å². The van der Waals surface area contributed by atoms with E-state index in [-0.39, 0.29) is 23.2 Å². The van der Waals surface area contributed by atoms with Crippen LogP contribution in [0.25, 0.3) is 0 Å². The van der Waals surface area contributed by atoms with Crippen molar-refractivity contribution in [3.8, 4) is 5.75 Å². The molecular formula is C12H15BrClNO4S. The molecule has 2 rings (SSSR count). The molecule has 8 heteroatoms. The summed E-state index contributed by atoms with van der Waals surface area (Å²) < 4.78 is 32.3. The molecule has 5 nitrogen and oxygen atoms in total. The van der Waals surface area contributed by atoms with Gasteiger partial charge in [-0.2, -0.15) is 4.31 Å². The third-order valence-electron chi connectivity index (χ3n) is 3.30. The van der Waals surface area contributed by atoms with E-state index >= 15 is 0 Å². The van der Waals surface area contributed by atoms with Crippen LogP contribution >= 0.6 is 27.5 Å². The largest absolute Gasteiger partial charge is 0.494 e. The van der Waals surface area contributed by atoms with Gasteiger partial charge < -0.3 is 9.84 Å². The summed E-state index contributed by atoms with van der Waals surface area (Å²) >= 11 is 9.19. The van der Waals surface area contributed by atoms with Crippen molar-refractivity contribution in [2.75, 3.05) is 26.8 Å². The Hall–Kier alpha value is -0.340. The van der Waals surface area contributed by atoms with E-state index in [1.165, 1.54) is 17.5 Å². The smallest absolute Gasteiger partial charge is 0.246 e. The van der Waals surface area contributed by atoms with Crippen molar-refractivity contribution in [1.29, 1.82) is 0 Å². The van der Waals surface area contributed by atoms with Crippen LogP contribution in [0.3, 0.4) is 0 Å². The average molecular weight is 385 g/mol. The number of benzene rings is 1. The Bertz CT molecular complexity index is 608. The van der Waals surface area contributed by atoms with Gasteiger partial charge in [0.15, 0.2) is 5.75 Å². The van der Waals surface area contributed by atoms with Gasteiger partial charge >= 0.3 is 0 Å². The molecule has 1 aromatic carbocycles. The first-order chi connectivity index (χ1) is 9.40. The highest BCUT2D eigenvalue weighted by atomic mass is 79.9. The van der Waals surface area contributed by atoms with Gasteiger partial charge in [-0.05, 0) is 40.4 Å². The molecule has 20 heavy (non-hydrogen) atoms. The highest BCUT2D eigenvalue weighted by molar-refractivity contribution is 9.10. The van der Waals surface area contributed by atoms with Crippen LogP contribution in [0.15, 0.2) is 21.5 Å². The molecule has 0 aliphatic carbocycles. The SMILES string of the molecule is COc1c(Br)cc(Cl)cc1S(=O)(=O)N1CCC(CO)C1. The van der Waals surface area contributed by atoms with Crippen molar-refractivity contribution in [1.82, 2.24) is 4.31 Å². The second-order valence-electron chi connectivity index (χ2n) is 4.62. The lowest BCUT2D eigenvalue weighted by Gasteiger charge is -2.19. The Balaban J connectivity index is 2.45. The summed E-state index contributed by atoms with van der Waals surface area (Å²) in [5, 5.41) is 9.45. The number of methoxy groups -OCH3 is 1. The van der Waals surface area contributed by atoms with Crippen molar-refractivity contribution in [2.45, 2.75) is 11.3 Å². The van der Waals surface area contributed by atoms with Gasteiger partial charge in [0.1, 0.15) is 4.90 Å². The molecule has 0 amide bonds. The Morgan fingerprint density at radius 2 is 2.25 bits per heavy atom. The maximum atomic E-state index is 12.7. The zero-order valence-corrected chi connectivity index (χ0v) is 14.0. The molecule has 0 saturated carbocycles. The van der Waals surface area contributed by atoms with Crippen LogP contribution in [0.5, 0.6) is 5.75 Å². The summed E-state index contributed by atoms with van der Waals surface area (Å²) in [7, 11) is -2.28. The molecule has 1 aliphatic rings. The van der Waals surface area contributed by atoms with Crippen molar-refractivity contribution in [3.63, 3.8) is 0 Å². The van der Waals surface area contributed by atoms with Gasteiger partial charge in [0.05, 0.1) is 11.6 Å². The molecule has 1 fully saturated rings. The zero-order valence-electron chi connectivity index (χ0n) is 10.8. The summed E-state index contributed by atoms with van der Waals surface area (Å²) in [6, 6.07) is 2.96. The molecule has 0 aromatic heterocycles. The Labute approximate surface area is 131 Å². The van der Waals surface area contributed by atoms with E-state index in [1.54, 1.807) is 6.07 Å². The molecule has 1 heterocycles. The number of hydrogen-bond donors (Lipinski definition) is 1. The van der Waals surface area contributed by atoms with Crippen LogP contribution in [-0.4, -0.2) is 44.6 Å². The number of sulfonamides is 1.